The van der Waals surface area contributed by atoms with E-state index in [2.05, 4.69) is 5.32 Å². The van der Waals surface area contributed by atoms with Gasteiger partial charge in [0.2, 0.25) is 11.8 Å². The third kappa shape index (κ3) is 2.70. The first-order valence-corrected chi connectivity index (χ1v) is 5.54. The summed E-state index contributed by atoms with van der Waals surface area (Å²) in [6.45, 7) is 8.39. The van der Waals surface area contributed by atoms with E-state index in [1.165, 1.54) is 0 Å². The van der Waals surface area contributed by atoms with Crippen molar-refractivity contribution in [1.29, 1.82) is 0 Å². The first kappa shape index (κ1) is 12.0. The molecule has 1 aliphatic heterocycles. The van der Waals surface area contributed by atoms with Crippen LogP contribution >= 0.6 is 0 Å². The summed E-state index contributed by atoms with van der Waals surface area (Å²) in [5, 5.41) is 2.78. The number of likely N-dealkylation sites (tertiary alicyclic amines) is 1. The Hall–Kier alpha value is -1.06. The fraction of sp³-hybridized carbons (Fsp3) is 0.818. The summed E-state index contributed by atoms with van der Waals surface area (Å²) in [7, 11) is 0. The lowest BCUT2D eigenvalue weighted by atomic mass is 10.1. The summed E-state index contributed by atoms with van der Waals surface area (Å²) in [4.78, 5) is 25.1. The van der Waals surface area contributed by atoms with Crippen LogP contribution in [0.3, 0.4) is 0 Å². The Morgan fingerprint density at radius 3 is 2.40 bits per heavy atom. The summed E-state index contributed by atoms with van der Waals surface area (Å²) in [6, 6.07) is -0.0826. The highest BCUT2D eigenvalue weighted by Crippen LogP contribution is 2.14. The van der Waals surface area contributed by atoms with Gasteiger partial charge in [-0.3, -0.25) is 9.59 Å². The molecule has 2 amide bonds. The summed E-state index contributed by atoms with van der Waals surface area (Å²) >= 11 is 0. The van der Waals surface area contributed by atoms with Gasteiger partial charge in [-0.1, -0.05) is 13.8 Å². The van der Waals surface area contributed by atoms with Crippen LogP contribution in [0.4, 0.5) is 0 Å². The van der Waals surface area contributed by atoms with E-state index in [0.717, 1.165) is 13.0 Å². The molecule has 0 bridgehead atoms. The van der Waals surface area contributed by atoms with E-state index in [1.54, 1.807) is 0 Å². The lowest BCUT2D eigenvalue weighted by molar-refractivity contribution is -0.134. The smallest absolute Gasteiger partial charge is 0.245 e. The number of carbonyl (C=O) groups excluding carboxylic acids is 2. The molecule has 0 aromatic carbocycles. The summed E-state index contributed by atoms with van der Waals surface area (Å²) in [5.41, 5.74) is 0. The molecule has 1 fully saturated rings. The second kappa shape index (κ2) is 4.64. The number of nitrogens with one attached hydrogen (secondary N) is 1. The standard InChI is InChI=1S/C11H20N2O2/c1-7(2)10(14)12-9-5-6-13(8(3)4)11(9)15/h7-9H,5-6H2,1-4H3,(H,12,14). The van der Waals surface area contributed by atoms with Crippen LogP contribution in [0.2, 0.25) is 0 Å². The second-order valence-electron chi connectivity index (χ2n) is 4.63. The van der Waals surface area contributed by atoms with Crippen LogP contribution in [-0.4, -0.2) is 35.3 Å². The van der Waals surface area contributed by atoms with Gasteiger partial charge in [-0.2, -0.15) is 0 Å². The molecule has 0 aromatic rings. The van der Waals surface area contributed by atoms with Crippen LogP contribution in [0, 0.1) is 5.92 Å². The Morgan fingerprint density at radius 1 is 1.40 bits per heavy atom. The minimum atomic E-state index is -0.303. The van der Waals surface area contributed by atoms with Crippen molar-refractivity contribution in [2.75, 3.05) is 6.54 Å². The Bertz CT molecular complexity index is 261. The number of rotatable bonds is 3. The third-order valence-electron chi connectivity index (χ3n) is 2.70. The van der Waals surface area contributed by atoms with Crippen LogP contribution in [0.5, 0.6) is 0 Å². The number of nitrogens with zero attached hydrogens (tertiary/aromatic N) is 1. The molecule has 1 aliphatic rings. The molecule has 0 spiro atoms. The molecule has 0 radical (unpaired) electrons. The van der Waals surface area contributed by atoms with Crippen molar-refractivity contribution in [3.8, 4) is 0 Å². The maximum atomic E-state index is 11.8. The molecule has 1 heterocycles. The summed E-state index contributed by atoms with van der Waals surface area (Å²) < 4.78 is 0. The van der Waals surface area contributed by atoms with Crippen molar-refractivity contribution in [3.63, 3.8) is 0 Å². The molecule has 4 heteroatoms. The Labute approximate surface area is 91.0 Å². The molecule has 1 saturated heterocycles. The van der Waals surface area contributed by atoms with Crippen molar-refractivity contribution in [2.24, 2.45) is 5.92 Å². The van der Waals surface area contributed by atoms with Gasteiger partial charge in [0.05, 0.1) is 0 Å². The molecular formula is C11H20N2O2. The predicted molar refractivity (Wildman–Crippen MR) is 58.2 cm³/mol. The van der Waals surface area contributed by atoms with Crippen LogP contribution in [0.15, 0.2) is 0 Å². The highest BCUT2D eigenvalue weighted by Gasteiger charge is 2.34. The fourth-order valence-electron chi connectivity index (χ4n) is 1.69. The van der Waals surface area contributed by atoms with Gasteiger partial charge in [0.25, 0.3) is 0 Å². The highest BCUT2D eigenvalue weighted by molar-refractivity contribution is 5.89. The minimum Gasteiger partial charge on any atom is -0.344 e. The van der Waals surface area contributed by atoms with Gasteiger partial charge in [0.1, 0.15) is 6.04 Å². The Kier molecular flexibility index (Phi) is 3.72. The molecule has 15 heavy (non-hydrogen) atoms. The van der Waals surface area contributed by atoms with E-state index in [4.69, 9.17) is 0 Å². The van der Waals surface area contributed by atoms with Gasteiger partial charge in [-0.15, -0.1) is 0 Å². The SMILES string of the molecule is CC(C)C(=O)NC1CCN(C(C)C)C1=O. The van der Waals surface area contributed by atoms with Crippen LogP contribution in [0.1, 0.15) is 34.1 Å². The van der Waals surface area contributed by atoms with Crippen LogP contribution < -0.4 is 5.32 Å². The third-order valence-corrected chi connectivity index (χ3v) is 2.70. The summed E-state index contributed by atoms with van der Waals surface area (Å²) in [6.07, 6.45) is 0.732. The van der Waals surface area contributed by atoms with Crippen molar-refractivity contribution < 1.29 is 9.59 Å². The average Bonchev–Trinajstić information content (AvgIpc) is 2.48. The zero-order valence-corrected chi connectivity index (χ0v) is 9.91. The molecule has 86 valence electrons. The van der Waals surface area contributed by atoms with Gasteiger partial charge in [0.15, 0.2) is 0 Å². The molecular weight excluding hydrogens is 192 g/mol. The minimum absolute atomic E-state index is 0.0426. The Balaban J connectivity index is 2.53. The van der Waals surface area contributed by atoms with Crippen molar-refractivity contribution in [3.05, 3.63) is 0 Å². The number of carbonyl (C=O) groups is 2. The lowest BCUT2D eigenvalue weighted by Gasteiger charge is -2.21. The second-order valence-corrected chi connectivity index (χ2v) is 4.63. The highest BCUT2D eigenvalue weighted by atomic mass is 16.2. The van der Waals surface area contributed by atoms with E-state index >= 15 is 0 Å². The van der Waals surface area contributed by atoms with Gasteiger partial charge < -0.3 is 10.2 Å². The number of amides is 2. The van der Waals surface area contributed by atoms with Crippen LogP contribution in [-0.2, 0) is 9.59 Å². The topological polar surface area (TPSA) is 49.4 Å². The molecule has 1 N–H and O–H groups in total. The van der Waals surface area contributed by atoms with Crippen LogP contribution in [0.25, 0.3) is 0 Å². The van der Waals surface area contributed by atoms with Crippen molar-refractivity contribution >= 4 is 11.8 Å². The fourth-order valence-corrected chi connectivity index (χ4v) is 1.69. The van der Waals surface area contributed by atoms with Gasteiger partial charge in [-0.25, -0.2) is 0 Å². The first-order valence-electron chi connectivity index (χ1n) is 5.54. The van der Waals surface area contributed by atoms with E-state index in [-0.39, 0.29) is 29.8 Å². The maximum absolute atomic E-state index is 11.8. The lowest BCUT2D eigenvalue weighted by Crippen LogP contribution is -2.44. The monoisotopic (exact) mass is 212 g/mol. The van der Waals surface area contributed by atoms with Gasteiger partial charge >= 0.3 is 0 Å². The number of hydrogen-bond donors (Lipinski definition) is 1. The molecule has 4 nitrogen and oxygen atoms in total. The van der Waals surface area contributed by atoms with Gasteiger partial charge in [-0.05, 0) is 20.3 Å². The van der Waals surface area contributed by atoms with E-state index in [0.29, 0.717) is 0 Å². The van der Waals surface area contributed by atoms with E-state index in [1.807, 2.05) is 32.6 Å². The zero-order chi connectivity index (χ0) is 11.6. The van der Waals surface area contributed by atoms with Crippen molar-refractivity contribution in [2.45, 2.75) is 46.2 Å². The zero-order valence-electron chi connectivity index (χ0n) is 9.91. The molecule has 0 aliphatic carbocycles. The van der Waals surface area contributed by atoms with Crippen molar-refractivity contribution in [1.82, 2.24) is 10.2 Å². The average molecular weight is 212 g/mol. The maximum Gasteiger partial charge on any atom is 0.245 e. The molecule has 1 atom stereocenters. The van der Waals surface area contributed by atoms with Gasteiger partial charge in [0, 0.05) is 18.5 Å². The number of hydrogen-bond acceptors (Lipinski definition) is 2. The van der Waals surface area contributed by atoms with E-state index in [9.17, 15) is 9.59 Å². The van der Waals surface area contributed by atoms with E-state index < -0.39 is 0 Å². The predicted octanol–water partition coefficient (Wildman–Crippen LogP) is 0.768. The first-order chi connectivity index (χ1) is 6.93. The molecule has 0 aromatic heterocycles. The largest absolute Gasteiger partial charge is 0.344 e. The Morgan fingerprint density at radius 2 is 2.00 bits per heavy atom. The normalized spacial score (nSPS) is 21.6. The molecule has 1 rings (SSSR count). The quantitative estimate of drug-likeness (QED) is 0.751. The summed E-state index contributed by atoms with van der Waals surface area (Å²) in [5.74, 6) is -0.0520. The molecule has 0 saturated carbocycles. The molecule has 1 unspecified atom stereocenters.